The summed E-state index contributed by atoms with van der Waals surface area (Å²) in [6, 6.07) is 8.21. The molecule has 0 spiro atoms. The molecular weight excluding hydrogens is 222 g/mol. The predicted octanol–water partition coefficient (Wildman–Crippen LogP) is 3.45. The van der Waals surface area contributed by atoms with Crippen LogP contribution in [-0.4, -0.2) is 19.4 Å². The summed E-state index contributed by atoms with van der Waals surface area (Å²) in [6.07, 6.45) is 8.14. The number of carbonyl (C=O) groups is 1. The Morgan fingerprint density at radius 1 is 1.11 bits per heavy atom. The first-order valence-electron chi connectivity index (χ1n) is 6.48. The van der Waals surface area contributed by atoms with E-state index in [0.717, 1.165) is 24.9 Å². The van der Waals surface area contributed by atoms with Crippen molar-refractivity contribution in [2.24, 2.45) is 0 Å². The van der Waals surface area contributed by atoms with Crippen LogP contribution in [0, 0.1) is 0 Å². The molecule has 1 aliphatic heterocycles. The summed E-state index contributed by atoms with van der Waals surface area (Å²) in [6.45, 7) is 5.90. The fraction of sp³-hybridized carbons (Fsp3) is 0.312. The standard InChI is InChI=1S/C16H19NO/c1-2-6-15(13-18)14-7-9-16(10-8-14)17-11-4-3-5-12-17/h2,6-10,13H,1,3-5,11-12H2/b15-6-. The zero-order valence-corrected chi connectivity index (χ0v) is 10.6. The van der Waals surface area contributed by atoms with Crippen LogP contribution in [0.5, 0.6) is 0 Å². The van der Waals surface area contributed by atoms with Gasteiger partial charge in [0.25, 0.3) is 0 Å². The van der Waals surface area contributed by atoms with Gasteiger partial charge in [0.1, 0.15) is 0 Å². The van der Waals surface area contributed by atoms with Gasteiger partial charge in [-0.3, -0.25) is 4.79 Å². The van der Waals surface area contributed by atoms with Crippen LogP contribution in [0.1, 0.15) is 24.8 Å². The van der Waals surface area contributed by atoms with Crippen molar-refractivity contribution in [3.05, 3.63) is 48.6 Å². The fourth-order valence-corrected chi connectivity index (χ4v) is 2.35. The van der Waals surface area contributed by atoms with E-state index in [1.54, 1.807) is 12.2 Å². The molecule has 18 heavy (non-hydrogen) atoms. The van der Waals surface area contributed by atoms with Crippen LogP contribution >= 0.6 is 0 Å². The van der Waals surface area contributed by atoms with Crippen LogP contribution in [0.15, 0.2) is 43.0 Å². The molecule has 1 fully saturated rings. The van der Waals surface area contributed by atoms with Crippen LogP contribution in [0.4, 0.5) is 5.69 Å². The molecule has 1 saturated heterocycles. The van der Waals surface area contributed by atoms with E-state index in [2.05, 4.69) is 23.6 Å². The summed E-state index contributed by atoms with van der Waals surface area (Å²) in [4.78, 5) is 13.4. The van der Waals surface area contributed by atoms with Gasteiger partial charge in [0.2, 0.25) is 0 Å². The molecule has 0 unspecified atom stereocenters. The lowest BCUT2D eigenvalue weighted by Crippen LogP contribution is -2.29. The Balaban J connectivity index is 2.16. The molecule has 0 atom stereocenters. The average molecular weight is 241 g/mol. The maximum atomic E-state index is 11.0. The molecule has 94 valence electrons. The number of benzene rings is 1. The second kappa shape index (κ2) is 6.20. The lowest BCUT2D eigenvalue weighted by atomic mass is 10.0. The number of aldehydes is 1. The first-order valence-corrected chi connectivity index (χ1v) is 6.48. The minimum atomic E-state index is 0.676. The van der Waals surface area contributed by atoms with Crippen molar-refractivity contribution in [3.8, 4) is 0 Å². The highest BCUT2D eigenvalue weighted by atomic mass is 16.1. The van der Waals surface area contributed by atoms with E-state index < -0.39 is 0 Å². The highest BCUT2D eigenvalue weighted by Gasteiger charge is 2.10. The largest absolute Gasteiger partial charge is 0.372 e. The van der Waals surface area contributed by atoms with Crippen molar-refractivity contribution in [3.63, 3.8) is 0 Å². The summed E-state index contributed by atoms with van der Waals surface area (Å²) < 4.78 is 0. The van der Waals surface area contributed by atoms with Gasteiger partial charge in [-0.1, -0.05) is 30.9 Å². The molecule has 1 aliphatic rings. The average Bonchev–Trinajstić information content (AvgIpc) is 2.46. The van der Waals surface area contributed by atoms with Crippen molar-refractivity contribution in [2.45, 2.75) is 19.3 Å². The number of hydrogen-bond acceptors (Lipinski definition) is 2. The topological polar surface area (TPSA) is 20.3 Å². The first kappa shape index (κ1) is 12.6. The normalized spacial score (nSPS) is 16.4. The van der Waals surface area contributed by atoms with Crippen molar-refractivity contribution < 1.29 is 4.79 Å². The molecule has 1 aromatic carbocycles. The van der Waals surface area contributed by atoms with Gasteiger partial charge in [0.15, 0.2) is 6.29 Å². The first-order chi connectivity index (χ1) is 8.85. The number of allylic oxidation sites excluding steroid dienone is 3. The second-order valence-corrected chi connectivity index (χ2v) is 4.57. The van der Waals surface area contributed by atoms with E-state index in [9.17, 15) is 4.79 Å². The minimum absolute atomic E-state index is 0.676. The van der Waals surface area contributed by atoms with Crippen molar-refractivity contribution in [2.75, 3.05) is 18.0 Å². The lowest BCUT2D eigenvalue weighted by Gasteiger charge is -2.28. The number of carbonyl (C=O) groups excluding carboxylic acids is 1. The second-order valence-electron chi connectivity index (χ2n) is 4.57. The zero-order chi connectivity index (χ0) is 12.8. The van der Waals surface area contributed by atoms with Crippen LogP contribution in [0.3, 0.4) is 0 Å². The highest BCUT2D eigenvalue weighted by molar-refractivity contribution is 6.07. The van der Waals surface area contributed by atoms with Gasteiger partial charge in [-0.15, -0.1) is 0 Å². The number of hydrogen-bond donors (Lipinski definition) is 0. The van der Waals surface area contributed by atoms with E-state index in [1.807, 2.05) is 12.1 Å². The Morgan fingerprint density at radius 2 is 1.78 bits per heavy atom. The Morgan fingerprint density at radius 3 is 2.33 bits per heavy atom. The van der Waals surface area contributed by atoms with E-state index in [1.165, 1.54) is 24.9 Å². The molecule has 1 heterocycles. The van der Waals surface area contributed by atoms with Crippen LogP contribution in [-0.2, 0) is 4.79 Å². The quantitative estimate of drug-likeness (QED) is 0.457. The number of anilines is 1. The van der Waals surface area contributed by atoms with E-state index >= 15 is 0 Å². The smallest absolute Gasteiger partial charge is 0.150 e. The molecule has 0 N–H and O–H groups in total. The molecule has 2 rings (SSSR count). The van der Waals surface area contributed by atoms with Gasteiger partial charge in [0, 0.05) is 24.4 Å². The molecule has 2 nitrogen and oxygen atoms in total. The number of nitrogens with zero attached hydrogens (tertiary/aromatic N) is 1. The molecule has 0 aliphatic carbocycles. The third-order valence-corrected chi connectivity index (χ3v) is 3.35. The van der Waals surface area contributed by atoms with Crippen molar-refractivity contribution in [1.82, 2.24) is 0 Å². The molecule has 0 amide bonds. The molecular formula is C16H19NO. The third kappa shape index (κ3) is 2.89. The Bertz CT molecular complexity index is 439. The van der Waals surface area contributed by atoms with Crippen LogP contribution in [0.25, 0.3) is 5.57 Å². The number of piperidine rings is 1. The summed E-state index contributed by atoms with van der Waals surface area (Å²) in [5, 5.41) is 0. The minimum Gasteiger partial charge on any atom is -0.372 e. The van der Waals surface area contributed by atoms with E-state index in [-0.39, 0.29) is 0 Å². The molecule has 2 heteroatoms. The Hall–Kier alpha value is -1.83. The van der Waals surface area contributed by atoms with Gasteiger partial charge in [0.05, 0.1) is 0 Å². The van der Waals surface area contributed by atoms with Gasteiger partial charge in [-0.2, -0.15) is 0 Å². The Labute approximate surface area is 109 Å². The molecule has 0 saturated carbocycles. The van der Waals surface area contributed by atoms with Gasteiger partial charge in [-0.25, -0.2) is 0 Å². The summed E-state index contributed by atoms with van der Waals surface area (Å²) in [7, 11) is 0. The Kier molecular flexibility index (Phi) is 4.35. The van der Waals surface area contributed by atoms with E-state index in [4.69, 9.17) is 0 Å². The molecule has 1 aromatic rings. The fourth-order valence-electron chi connectivity index (χ4n) is 2.35. The predicted molar refractivity (Wildman–Crippen MR) is 76.7 cm³/mol. The van der Waals surface area contributed by atoms with E-state index in [0.29, 0.717) is 5.57 Å². The maximum Gasteiger partial charge on any atom is 0.150 e. The number of rotatable bonds is 4. The maximum absolute atomic E-state index is 11.0. The summed E-state index contributed by atoms with van der Waals surface area (Å²) in [5.41, 5.74) is 2.88. The third-order valence-electron chi connectivity index (χ3n) is 3.35. The lowest BCUT2D eigenvalue weighted by molar-refractivity contribution is -0.103. The summed E-state index contributed by atoms with van der Waals surface area (Å²) >= 11 is 0. The van der Waals surface area contributed by atoms with Gasteiger partial charge in [-0.05, 0) is 37.0 Å². The summed E-state index contributed by atoms with van der Waals surface area (Å²) in [5.74, 6) is 0. The molecule has 0 radical (unpaired) electrons. The van der Waals surface area contributed by atoms with Gasteiger partial charge < -0.3 is 4.90 Å². The zero-order valence-electron chi connectivity index (χ0n) is 10.6. The SMILES string of the molecule is C=C/C=C(/C=O)c1ccc(N2CCCCC2)cc1. The van der Waals surface area contributed by atoms with Crippen molar-refractivity contribution >= 4 is 17.5 Å². The van der Waals surface area contributed by atoms with Crippen LogP contribution in [0.2, 0.25) is 0 Å². The van der Waals surface area contributed by atoms with Crippen LogP contribution < -0.4 is 4.90 Å². The van der Waals surface area contributed by atoms with Crippen molar-refractivity contribution in [1.29, 1.82) is 0 Å². The monoisotopic (exact) mass is 241 g/mol. The van der Waals surface area contributed by atoms with Gasteiger partial charge >= 0.3 is 0 Å². The molecule has 0 bridgehead atoms. The molecule has 0 aromatic heterocycles. The highest BCUT2D eigenvalue weighted by Crippen LogP contribution is 2.22.